The Morgan fingerprint density at radius 2 is 2.06 bits per heavy atom. The van der Waals surface area contributed by atoms with Crippen LogP contribution in [-0.4, -0.2) is 61.0 Å². The second kappa shape index (κ2) is 5.36. The van der Waals surface area contributed by atoms with Gasteiger partial charge in [0.1, 0.15) is 6.04 Å². The summed E-state index contributed by atoms with van der Waals surface area (Å²) in [5.74, 6) is 0.809. The van der Waals surface area contributed by atoms with Crippen LogP contribution in [0.5, 0.6) is 0 Å². The summed E-state index contributed by atoms with van der Waals surface area (Å²) >= 11 is 0. The lowest BCUT2D eigenvalue weighted by molar-refractivity contribution is -0.148. The van der Waals surface area contributed by atoms with Crippen molar-refractivity contribution in [2.24, 2.45) is 5.92 Å². The predicted molar refractivity (Wildman–Crippen MR) is 71.0 cm³/mol. The quantitative estimate of drug-likeness (QED) is 0.790. The van der Waals surface area contributed by atoms with Gasteiger partial charge in [-0.1, -0.05) is 13.8 Å². The molecule has 0 bridgehead atoms. The molecule has 1 atom stereocenters. The molecule has 1 unspecified atom stereocenters. The van der Waals surface area contributed by atoms with Gasteiger partial charge in [0.05, 0.1) is 0 Å². The number of carbonyl (C=O) groups is 1. The number of amides is 1. The monoisotopic (exact) mass is 241 g/mol. The van der Waals surface area contributed by atoms with E-state index >= 15 is 0 Å². The predicted octanol–water partition coefficient (Wildman–Crippen LogP) is 0.783. The van der Waals surface area contributed by atoms with E-state index in [1.807, 2.05) is 19.0 Å². The maximum atomic E-state index is 12.2. The molecule has 0 aromatic carbocycles. The first kappa shape index (κ1) is 14.5. The second-order valence-electron chi connectivity index (χ2n) is 6.13. The zero-order chi connectivity index (χ0) is 13.2. The van der Waals surface area contributed by atoms with Gasteiger partial charge in [-0.15, -0.1) is 0 Å². The van der Waals surface area contributed by atoms with Crippen LogP contribution in [0.1, 0.15) is 27.7 Å². The summed E-state index contributed by atoms with van der Waals surface area (Å²) < 4.78 is 0. The van der Waals surface area contributed by atoms with E-state index in [0.717, 1.165) is 19.6 Å². The summed E-state index contributed by atoms with van der Waals surface area (Å²) in [5, 5.41) is 3.14. The van der Waals surface area contributed by atoms with Crippen LogP contribution in [0.4, 0.5) is 0 Å². The SMILES string of the molecule is CNCC1C(=O)N(C)CC(C)(C)N1CC(C)C. The fraction of sp³-hybridized carbons (Fsp3) is 0.923. The van der Waals surface area contributed by atoms with E-state index in [-0.39, 0.29) is 17.5 Å². The molecular weight excluding hydrogens is 214 g/mol. The Bertz CT molecular complexity index is 276. The van der Waals surface area contributed by atoms with Crippen molar-refractivity contribution in [3.63, 3.8) is 0 Å². The number of likely N-dealkylation sites (N-methyl/N-ethyl adjacent to an activating group) is 2. The maximum absolute atomic E-state index is 12.2. The van der Waals surface area contributed by atoms with Crippen molar-refractivity contribution in [3.8, 4) is 0 Å². The van der Waals surface area contributed by atoms with Crippen molar-refractivity contribution >= 4 is 5.91 Å². The van der Waals surface area contributed by atoms with Gasteiger partial charge in [-0.3, -0.25) is 9.69 Å². The molecule has 1 heterocycles. The number of carbonyl (C=O) groups excluding carboxylic acids is 1. The highest BCUT2D eigenvalue weighted by molar-refractivity contribution is 5.83. The average molecular weight is 241 g/mol. The number of nitrogens with zero attached hydrogens (tertiary/aromatic N) is 2. The van der Waals surface area contributed by atoms with Crippen molar-refractivity contribution in [3.05, 3.63) is 0 Å². The zero-order valence-corrected chi connectivity index (χ0v) is 12.1. The lowest BCUT2D eigenvalue weighted by atomic mass is 9.93. The standard InChI is InChI=1S/C13H27N3O/c1-10(2)8-16-11(7-14-5)12(17)15(6)9-13(16,3)4/h10-11,14H,7-9H2,1-6H3. The molecule has 1 aliphatic rings. The van der Waals surface area contributed by atoms with Gasteiger partial charge in [-0.2, -0.15) is 0 Å². The largest absolute Gasteiger partial charge is 0.343 e. The molecule has 0 aromatic rings. The van der Waals surface area contributed by atoms with E-state index in [2.05, 4.69) is 37.9 Å². The summed E-state index contributed by atoms with van der Waals surface area (Å²) in [6, 6.07) is -0.0313. The van der Waals surface area contributed by atoms with Crippen LogP contribution in [0.2, 0.25) is 0 Å². The average Bonchev–Trinajstić information content (AvgIpc) is 2.19. The molecule has 0 saturated carbocycles. The minimum atomic E-state index is -0.0313. The van der Waals surface area contributed by atoms with Crippen LogP contribution >= 0.6 is 0 Å². The number of hydrogen-bond donors (Lipinski definition) is 1. The topological polar surface area (TPSA) is 35.6 Å². The highest BCUT2D eigenvalue weighted by Crippen LogP contribution is 2.26. The van der Waals surface area contributed by atoms with Gasteiger partial charge in [0.15, 0.2) is 0 Å². The number of nitrogens with one attached hydrogen (secondary N) is 1. The minimum Gasteiger partial charge on any atom is -0.343 e. The molecule has 0 aromatic heterocycles. The van der Waals surface area contributed by atoms with Crippen LogP contribution in [0.3, 0.4) is 0 Å². The van der Waals surface area contributed by atoms with Crippen molar-refractivity contribution < 1.29 is 4.79 Å². The third-order valence-corrected chi connectivity index (χ3v) is 3.40. The normalized spacial score (nSPS) is 25.7. The summed E-state index contributed by atoms with van der Waals surface area (Å²) in [4.78, 5) is 16.5. The molecule has 0 spiro atoms. The highest BCUT2D eigenvalue weighted by atomic mass is 16.2. The maximum Gasteiger partial charge on any atom is 0.241 e. The van der Waals surface area contributed by atoms with E-state index in [1.54, 1.807) is 0 Å². The van der Waals surface area contributed by atoms with E-state index in [4.69, 9.17) is 0 Å². The Morgan fingerprint density at radius 3 is 2.53 bits per heavy atom. The smallest absolute Gasteiger partial charge is 0.241 e. The van der Waals surface area contributed by atoms with Gasteiger partial charge in [-0.25, -0.2) is 0 Å². The van der Waals surface area contributed by atoms with Gasteiger partial charge in [0.2, 0.25) is 5.91 Å². The van der Waals surface area contributed by atoms with Crippen molar-refractivity contribution in [2.75, 3.05) is 33.7 Å². The Hall–Kier alpha value is -0.610. The Kier molecular flexibility index (Phi) is 4.55. The molecule has 1 N–H and O–H groups in total. The number of rotatable bonds is 4. The molecule has 1 aliphatic heterocycles. The van der Waals surface area contributed by atoms with Gasteiger partial charge >= 0.3 is 0 Å². The highest BCUT2D eigenvalue weighted by Gasteiger charge is 2.43. The summed E-state index contributed by atoms with van der Waals surface area (Å²) in [5.41, 5.74) is 0.0500. The molecule has 1 fully saturated rings. The zero-order valence-electron chi connectivity index (χ0n) is 12.1. The van der Waals surface area contributed by atoms with E-state index < -0.39 is 0 Å². The van der Waals surface area contributed by atoms with E-state index in [1.165, 1.54) is 0 Å². The van der Waals surface area contributed by atoms with Crippen molar-refractivity contribution in [1.82, 2.24) is 15.1 Å². The molecule has 0 aliphatic carbocycles. The molecule has 1 amide bonds. The van der Waals surface area contributed by atoms with Crippen LogP contribution in [0, 0.1) is 5.92 Å². The molecule has 17 heavy (non-hydrogen) atoms. The summed E-state index contributed by atoms with van der Waals surface area (Å²) in [6.45, 7) is 11.4. The van der Waals surface area contributed by atoms with E-state index in [0.29, 0.717) is 5.92 Å². The van der Waals surface area contributed by atoms with Crippen LogP contribution in [0.25, 0.3) is 0 Å². The third-order valence-electron chi connectivity index (χ3n) is 3.40. The first-order chi connectivity index (χ1) is 7.79. The third kappa shape index (κ3) is 3.19. The first-order valence-corrected chi connectivity index (χ1v) is 6.46. The molecule has 4 nitrogen and oxygen atoms in total. The Labute approximate surface area is 105 Å². The summed E-state index contributed by atoms with van der Waals surface area (Å²) in [6.07, 6.45) is 0. The minimum absolute atomic E-state index is 0.0313. The lowest BCUT2D eigenvalue weighted by Crippen LogP contribution is -2.68. The first-order valence-electron chi connectivity index (χ1n) is 6.46. The molecule has 0 radical (unpaired) electrons. The fourth-order valence-electron chi connectivity index (χ4n) is 2.72. The fourth-order valence-corrected chi connectivity index (χ4v) is 2.72. The molecule has 100 valence electrons. The van der Waals surface area contributed by atoms with Crippen molar-refractivity contribution in [2.45, 2.75) is 39.3 Å². The lowest BCUT2D eigenvalue weighted by Gasteiger charge is -2.50. The van der Waals surface area contributed by atoms with E-state index in [9.17, 15) is 4.79 Å². The number of hydrogen-bond acceptors (Lipinski definition) is 3. The summed E-state index contributed by atoms with van der Waals surface area (Å²) in [7, 11) is 3.81. The molecule has 4 heteroatoms. The Balaban J connectivity index is 2.94. The van der Waals surface area contributed by atoms with Crippen molar-refractivity contribution in [1.29, 1.82) is 0 Å². The molecule has 1 saturated heterocycles. The molecular formula is C13H27N3O. The van der Waals surface area contributed by atoms with Gasteiger partial charge in [0.25, 0.3) is 0 Å². The Morgan fingerprint density at radius 1 is 1.47 bits per heavy atom. The van der Waals surface area contributed by atoms with Crippen LogP contribution < -0.4 is 5.32 Å². The molecule has 1 rings (SSSR count). The van der Waals surface area contributed by atoms with Gasteiger partial charge in [0, 0.05) is 32.2 Å². The number of piperazine rings is 1. The van der Waals surface area contributed by atoms with Crippen LogP contribution in [-0.2, 0) is 4.79 Å². The van der Waals surface area contributed by atoms with Gasteiger partial charge in [-0.05, 0) is 26.8 Å². The van der Waals surface area contributed by atoms with Gasteiger partial charge < -0.3 is 10.2 Å². The van der Waals surface area contributed by atoms with Crippen LogP contribution in [0.15, 0.2) is 0 Å². The second-order valence-corrected chi connectivity index (χ2v) is 6.13.